The lowest BCUT2D eigenvalue weighted by atomic mass is 9.93. The van der Waals surface area contributed by atoms with Crippen molar-refractivity contribution in [1.29, 1.82) is 0 Å². The smallest absolute Gasteiger partial charge is 0.277 e. The normalized spacial score (nSPS) is 14.4. The summed E-state index contributed by atoms with van der Waals surface area (Å²) in [5.74, 6) is -0.0280. The zero-order chi connectivity index (χ0) is 13.0. The third kappa shape index (κ3) is 5.29. The molecule has 16 heavy (non-hydrogen) atoms. The van der Waals surface area contributed by atoms with Crippen LogP contribution in [0.15, 0.2) is 5.16 Å². The van der Waals surface area contributed by atoms with Crippen LogP contribution in [0.1, 0.15) is 27.7 Å². The number of hydrogen-bond acceptors (Lipinski definition) is 4. The number of amidine groups is 1. The summed E-state index contributed by atoms with van der Waals surface area (Å²) < 4.78 is 27.6. The fourth-order valence-corrected chi connectivity index (χ4v) is 2.11. The lowest BCUT2D eigenvalue weighted by molar-refractivity contribution is 0.307. The molecular weight excluding hydrogens is 232 g/mol. The monoisotopic (exact) mass is 252 g/mol. The van der Waals surface area contributed by atoms with E-state index >= 15 is 0 Å². The molecule has 7 nitrogen and oxygen atoms in total. The number of hydrogen-bond donors (Lipinski definition) is 4. The second-order valence-electron chi connectivity index (χ2n) is 4.47. The van der Waals surface area contributed by atoms with Gasteiger partial charge in [0.1, 0.15) is 5.84 Å². The minimum absolute atomic E-state index is 0.0280. The molecule has 0 unspecified atom stereocenters. The molecule has 0 spiro atoms. The van der Waals surface area contributed by atoms with E-state index in [1.807, 2.05) is 0 Å². The minimum Gasteiger partial charge on any atom is -0.409 e. The average Bonchev–Trinajstić information content (AvgIpc) is 2.12. The molecule has 0 bridgehead atoms. The zero-order valence-corrected chi connectivity index (χ0v) is 10.8. The predicted octanol–water partition coefficient (Wildman–Crippen LogP) is -0.409. The molecule has 0 aromatic heterocycles. The summed E-state index contributed by atoms with van der Waals surface area (Å²) in [7, 11) is -3.55. The lowest BCUT2D eigenvalue weighted by Crippen LogP contribution is -2.47. The van der Waals surface area contributed by atoms with Gasteiger partial charge in [0.05, 0.1) is 0 Å². The van der Waals surface area contributed by atoms with Gasteiger partial charge in [0.25, 0.3) is 10.2 Å². The Morgan fingerprint density at radius 2 is 2.00 bits per heavy atom. The number of nitrogens with zero attached hydrogens (tertiary/aromatic N) is 1. The predicted molar refractivity (Wildman–Crippen MR) is 62.4 cm³/mol. The molecule has 0 aromatic carbocycles. The van der Waals surface area contributed by atoms with Crippen molar-refractivity contribution < 1.29 is 13.6 Å². The molecule has 0 aliphatic carbocycles. The maximum atomic E-state index is 11.4. The first kappa shape index (κ1) is 15.1. The molecule has 0 rings (SSSR count). The van der Waals surface area contributed by atoms with Crippen LogP contribution in [-0.2, 0) is 10.2 Å². The summed E-state index contributed by atoms with van der Waals surface area (Å²) >= 11 is 0. The molecule has 96 valence electrons. The standard InChI is InChI=1S/C8H20N4O3S/c1-6(2)12-16(14,15)10-5-8(3,4)7(9)11-13/h6,10,12-13H,5H2,1-4H3,(H2,9,11). The van der Waals surface area contributed by atoms with E-state index in [9.17, 15) is 8.42 Å². The van der Waals surface area contributed by atoms with Gasteiger partial charge in [0, 0.05) is 18.0 Å². The third-order valence-electron chi connectivity index (χ3n) is 1.90. The van der Waals surface area contributed by atoms with Crippen molar-refractivity contribution in [3.05, 3.63) is 0 Å². The Hall–Kier alpha value is -0.860. The number of nitrogens with two attached hydrogens (primary N) is 1. The fraction of sp³-hybridized carbons (Fsp3) is 0.875. The van der Waals surface area contributed by atoms with E-state index < -0.39 is 15.6 Å². The van der Waals surface area contributed by atoms with Gasteiger partial charge in [-0.25, -0.2) is 4.72 Å². The molecule has 0 radical (unpaired) electrons. The Balaban J connectivity index is 4.46. The Morgan fingerprint density at radius 1 is 1.50 bits per heavy atom. The third-order valence-corrected chi connectivity index (χ3v) is 3.20. The first-order valence-electron chi connectivity index (χ1n) is 4.85. The molecule has 0 atom stereocenters. The fourth-order valence-electron chi connectivity index (χ4n) is 0.853. The highest BCUT2D eigenvalue weighted by Crippen LogP contribution is 2.13. The molecule has 5 N–H and O–H groups in total. The number of nitrogens with one attached hydrogen (secondary N) is 2. The Kier molecular flexibility index (Phi) is 5.17. The van der Waals surface area contributed by atoms with E-state index in [1.165, 1.54) is 0 Å². The van der Waals surface area contributed by atoms with Gasteiger partial charge in [0.15, 0.2) is 0 Å². The van der Waals surface area contributed by atoms with Crippen molar-refractivity contribution in [1.82, 2.24) is 9.44 Å². The van der Waals surface area contributed by atoms with Gasteiger partial charge in [-0.15, -0.1) is 0 Å². The summed E-state index contributed by atoms with van der Waals surface area (Å²) in [6.45, 7) is 6.81. The first-order chi connectivity index (χ1) is 7.10. The van der Waals surface area contributed by atoms with E-state index in [1.54, 1.807) is 27.7 Å². The Morgan fingerprint density at radius 3 is 2.38 bits per heavy atom. The van der Waals surface area contributed by atoms with E-state index in [2.05, 4.69) is 14.6 Å². The van der Waals surface area contributed by atoms with Crippen molar-refractivity contribution in [3.63, 3.8) is 0 Å². The molecule has 0 aliphatic rings. The van der Waals surface area contributed by atoms with Gasteiger partial charge in [-0.3, -0.25) is 0 Å². The highest BCUT2D eigenvalue weighted by molar-refractivity contribution is 7.87. The van der Waals surface area contributed by atoms with E-state index in [-0.39, 0.29) is 18.4 Å². The highest BCUT2D eigenvalue weighted by Gasteiger charge is 2.26. The summed E-state index contributed by atoms with van der Waals surface area (Å²) in [5, 5.41) is 11.4. The molecule has 8 heteroatoms. The summed E-state index contributed by atoms with van der Waals surface area (Å²) in [4.78, 5) is 0. The second kappa shape index (κ2) is 5.46. The van der Waals surface area contributed by atoms with Gasteiger partial charge in [-0.1, -0.05) is 19.0 Å². The second-order valence-corrected chi connectivity index (χ2v) is 6.00. The summed E-state index contributed by atoms with van der Waals surface area (Å²) in [5.41, 5.74) is 4.68. The van der Waals surface area contributed by atoms with Gasteiger partial charge < -0.3 is 10.9 Å². The van der Waals surface area contributed by atoms with Crippen LogP contribution < -0.4 is 15.2 Å². The van der Waals surface area contributed by atoms with Crippen LogP contribution in [0, 0.1) is 5.41 Å². The van der Waals surface area contributed by atoms with E-state index in [0.717, 1.165) is 0 Å². The van der Waals surface area contributed by atoms with Crippen LogP contribution in [0.4, 0.5) is 0 Å². The average molecular weight is 252 g/mol. The maximum Gasteiger partial charge on any atom is 0.277 e. The molecular formula is C8H20N4O3S. The summed E-state index contributed by atoms with van der Waals surface area (Å²) in [6, 6.07) is -0.190. The molecule has 0 amide bonds. The molecule has 0 saturated carbocycles. The van der Waals surface area contributed by atoms with Gasteiger partial charge >= 0.3 is 0 Å². The molecule has 0 saturated heterocycles. The van der Waals surface area contributed by atoms with Crippen LogP contribution in [0.25, 0.3) is 0 Å². The summed E-state index contributed by atoms with van der Waals surface area (Å²) in [6.07, 6.45) is 0. The maximum absolute atomic E-state index is 11.4. The largest absolute Gasteiger partial charge is 0.409 e. The van der Waals surface area contributed by atoms with Crippen molar-refractivity contribution in [3.8, 4) is 0 Å². The van der Waals surface area contributed by atoms with Crippen LogP contribution in [-0.4, -0.2) is 32.0 Å². The van der Waals surface area contributed by atoms with Crippen molar-refractivity contribution in [2.75, 3.05) is 6.54 Å². The molecule has 0 aromatic rings. The number of rotatable bonds is 6. The lowest BCUT2D eigenvalue weighted by Gasteiger charge is -2.23. The van der Waals surface area contributed by atoms with Crippen molar-refractivity contribution >= 4 is 16.0 Å². The van der Waals surface area contributed by atoms with Gasteiger partial charge in [0.2, 0.25) is 0 Å². The number of oxime groups is 1. The van der Waals surface area contributed by atoms with Crippen molar-refractivity contribution in [2.24, 2.45) is 16.3 Å². The van der Waals surface area contributed by atoms with Crippen LogP contribution in [0.5, 0.6) is 0 Å². The Labute approximate surface area is 96.3 Å². The van der Waals surface area contributed by atoms with Crippen molar-refractivity contribution in [2.45, 2.75) is 33.7 Å². The van der Waals surface area contributed by atoms with Crippen LogP contribution in [0.2, 0.25) is 0 Å². The first-order valence-corrected chi connectivity index (χ1v) is 6.34. The molecule has 0 fully saturated rings. The quantitative estimate of drug-likeness (QED) is 0.222. The van der Waals surface area contributed by atoms with E-state index in [0.29, 0.717) is 0 Å². The highest BCUT2D eigenvalue weighted by atomic mass is 32.2. The Bertz CT molecular complexity index is 348. The van der Waals surface area contributed by atoms with Gasteiger partial charge in [-0.05, 0) is 13.8 Å². The molecule has 0 aliphatic heterocycles. The molecule has 0 heterocycles. The zero-order valence-electron chi connectivity index (χ0n) is 9.98. The van der Waals surface area contributed by atoms with Gasteiger partial charge in [-0.2, -0.15) is 13.1 Å². The minimum atomic E-state index is -3.55. The SMILES string of the molecule is CC(C)NS(=O)(=O)NCC(C)(C)C(N)=NO. The topological polar surface area (TPSA) is 117 Å². The van der Waals surface area contributed by atoms with Crippen LogP contribution in [0.3, 0.4) is 0 Å². The van der Waals surface area contributed by atoms with E-state index in [4.69, 9.17) is 10.9 Å². The van der Waals surface area contributed by atoms with Crippen LogP contribution >= 0.6 is 0 Å².